The molecule has 0 radical (unpaired) electrons. The molecule has 0 heterocycles. The van der Waals surface area contributed by atoms with Gasteiger partial charge in [-0.1, -0.05) is 104 Å². The Balaban J connectivity index is 1.69. The molecule has 0 bridgehead atoms. The van der Waals surface area contributed by atoms with E-state index in [0.717, 1.165) is 38.5 Å². The van der Waals surface area contributed by atoms with Gasteiger partial charge in [-0.3, -0.25) is 9.59 Å². The van der Waals surface area contributed by atoms with Crippen molar-refractivity contribution in [1.82, 2.24) is 0 Å². The minimum atomic E-state index is -0.119. The summed E-state index contributed by atoms with van der Waals surface area (Å²) in [5.41, 5.74) is 2.85. The summed E-state index contributed by atoms with van der Waals surface area (Å²) in [5, 5.41) is 5.10. The molecule has 2 atom stereocenters. The average Bonchev–Trinajstić information content (AvgIpc) is 2.90. The number of methoxy groups -OCH3 is 2. The van der Waals surface area contributed by atoms with Crippen molar-refractivity contribution in [1.29, 1.82) is 0 Å². The highest BCUT2D eigenvalue weighted by atomic mass is 16.5. The van der Waals surface area contributed by atoms with Crippen LogP contribution in [0.5, 0.6) is 0 Å². The van der Waals surface area contributed by atoms with Crippen molar-refractivity contribution in [2.45, 2.75) is 104 Å². The topological polar surface area (TPSA) is 52.6 Å². The van der Waals surface area contributed by atoms with Crippen molar-refractivity contribution in [3.8, 4) is 0 Å². The summed E-state index contributed by atoms with van der Waals surface area (Å²) in [4.78, 5) is 23.1. The van der Waals surface area contributed by atoms with Crippen LogP contribution in [0.25, 0.3) is 21.5 Å². The molecule has 3 rings (SSSR count). The predicted molar refractivity (Wildman–Crippen MR) is 167 cm³/mol. The molecule has 0 aliphatic heterocycles. The first-order valence-electron chi connectivity index (χ1n) is 15.0. The van der Waals surface area contributed by atoms with E-state index in [1.165, 1.54) is 46.9 Å². The lowest BCUT2D eigenvalue weighted by Gasteiger charge is -2.27. The number of esters is 2. The first kappa shape index (κ1) is 31.6. The molecule has 0 aliphatic carbocycles. The van der Waals surface area contributed by atoms with E-state index in [1.807, 2.05) is 0 Å². The number of hydrogen-bond donors (Lipinski definition) is 0. The second kappa shape index (κ2) is 13.7. The second-order valence-electron chi connectivity index (χ2n) is 13.3. The van der Waals surface area contributed by atoms with E-state index in [-0.39, 0.29) is 22.8 Å². The molecule has 218 valence electrons. The quantitative estimate of drug-likeness (QED) is 0.149. The largest absolute Gasteiger partial charge is 0.469 e. The molecular formula is C36H50O4. The highest BCUT2D eigenvalue weighted by Gasteiger charge is 2.23. The summed E-state index contributed by atoms with van der Waals surface area (Å²) in [6.45, 7) is 13.6. The minimum Gasteiger partial charge on any atom is -0.469 e. The fourth-order valence-electron chi connectivity index (χ4n) is 5.85. The summed E-state index contributed by atoms with van der Waals surface area (Å²) >= 11 is 0. The zero-order valence-electron chi connectivity index (χ0n) is 26.1. The molecule has 40 heavy (non-hydrogen) atoms. The van der Waals surface area contributed by atoms with Crippen LogP contribution in [0.3, 0.4) is 0 Å². The Morgan fingerprint density at radius 1 is 0.625 bits per heavy atom. The Kier molecular flexibility index (Phi) is 10.8. The molecular weight excluding hydrogens is 496 g/mol. The van der Waals surface area contributed by atoms with Crippen LogP contribution in [-0.4, -0.2) is 26.2 Å². The molecule has 0 N–H and O–H groups in total. The van der Waals surface area contributed by atoms with Gasteiger partial charge in [-0.25, -0.2) is 0 Å². The lowest BCUT2D eigenvalue weighted by atomic mass is 9.78. The lowest BCUT2D eigenvalue weighted by molar-refractivity contribution is -0.142. The van der Waals surface area contributed by atoms with E-state index in [1.54, 1.807) is 0 Å². The third kappa shape index (κ3) is 8.56. The van der Waals surface area contributed by atoms with Crippen molar-refractivity contribution < 1.29 is 19.1 Å². The summed E-state index contributed by atoms with van der Waals surface area (Å²) < 4.78 is 9.63. The van der Waals surface area contributed by atoms with E-state index in [9.17, 15) is 9.59 Å². The normalized spacial score (nSPS) is 13.8. The SMILES string of the molecule is COC(=O)CC(C)CCCC(C)(C)c1ccc2cc3cc(C(C)(C)CCCC(C)CC(=O)OC)ccc3cc2c1. The standard InChI is InChI=1S/C36H50O4/c1-25(19-33(37)39-7)11-9-17-35(3,4)31-15-13-27-22-30-24-32(16-14-28(30)21-29(27)23-31)36(5,6)18-10-12-26(2)20-34(38)40-8/h13-16,21-26H,9-12,17-20H2,1-8H3. The van der Waals surface area contributed by atoms with E-state index in [0.29, 0.717) is 24.7 Å². The summed E-state index contributed by atoms with van der Waals surface area (Å²) in [7, 11) is 2.92. The van der Waals surface area contributed by atoms with E-state index in [2.05, 4.69) is 90.1 Å². The van der Waals surface area contributed by atoms with Gasteiger partial charge in [0, 0.05) is 12.8 Å². The van der Waals surface area contributed by atoms with Gasteiger partial charge in [0.15, 0.2) is 0 Å². The molecule has 0 fully saturated rings. The van der Waals surface area contributed by atoms with Gasteiger partial charge in [0.25, 0.3) is 0 Å². The Morgan fingerprint density at radius 3 is 1.35 bits per heavy atom. The summed E-state index contributed by atoms with van der Waals surface area (Å²) in [6, 6.07) is 18.5. The van der Waals surface area contributed by atoms with Gasteiger partial charge >= 0.3 is 11.9 Å². The number of carbonyl (C=O) groups is 2. The Hall–Kier alpha value is -2.88. The zero-order chi connectivity index (χ0) is 29.5. The summed E-state index contributed by atoms with van der Waals surface area (Å²) in [6.07, 6.45) is 7.39. The Bertz CT molecular complexity index is 1200. The van der Waals surface area contributed by atoms with Crippen LogP contribution in [0.2, 0.25) is 0 Å². The molecule has 0 aliphatic rings. The third-order valence-electron chi connectivity index (χ3n) is 8.84. The molecule has 3 aromatic carbocycles. The van der Waals surface area contributed by atoms with Gasteiger partial charge in [-0.2, -0.15) is 0 Å². The van der Waals surface area contributed by atoms with Crippen LogP contribution in [0.1, 0.15) is 104 Å². The fraction of sp³-hybridized carbons (Fsp3) is 0.556. The van der Waals surface area contributed by atoms with Crippen molar-refractivity contribution in [3.63, 3.8) is 0 Å². The number of rotatable bonds is 14. The van der Waals surface area contributed by atoms with Crippen molar-refractivity contribution in [2.24, 2.45) is 11.8 Å². The van der Waals surface area contributed by atoms with E-state index < -0.39 is 0 Å². The molecule has 0 aromatic heterocycles. The summed E-state index contributed by atoms with van der Waals surface area (Å²) in [5.74, 6) is 0.449. The first-order valence-corrected chi connectivity index (χ1v) is 15.0. The minimum absolute atomic E-state index is 0.0658. The van der Waals surface area contributed by atoms with E-state index >= 15 is 0 Å². The zero-order valence-corrected chi connectivity index (χ0v) is 26.1. The van der Waals surface area contributed by atoms with Crippen molar-refractivity contribution in [2.75, 3.05) is 14.2 Å². The smallest absolute Gasteiger partial charge is 0.305 e. The van der Waals surface area contributed by atoms with Gasteiger partial charge in [0.1, 0.15) is 0 Å². The van der Waals surface area contributed by atoms with Crippen LogP contribution in [0.15, 0.2) is 48.5 Å². The van der Waals surface area contributed by atoms with E-state index in [4.69, 9.17) is 9.47 Å². The number of carbonyl (C=O) groups excluding carboxylic acids is 2. The molecule has 4 heteroatoms. The highest BCUT2D eigenvalue weighted by molar-refractivity contribution is 5.98. The molecule has 0 amide bonds. The van der Waals surface area contributed by atoms with Crippen LogP contribution in [0, 0.1) is 11.8 Å². The van der Waals surface area contributed by atoms with Crippen LogP contribution in [-0.2, 0) is 29.9 Å². The predicted octanol–water partition coefficient (Wildman–Crippen LogP) is 9.29. The van der Waals surface area contributed by atoms with Crippen LogP contribution in [0.4, 0.5) is 0 Å². The van der Waals surface area contributed by atoms with Gasteiger partial charge < -0.3 is 9.47 Å². The Labute approximate surface area is 241 Å². The number of fused-ring (bicyclic) bond motifs is 2. The number of ether oxygens (including phenoxy) is 2. The molecule has 0 saturated heterocycles. The molecule has 3 aromatic rings. The Morgan fingerprint density at radius 2 is 1.00 bits per heavy atom. The first-order chi connectivity index (χ1) is 18.8. The van der Waals surface area contributed by atoms with Gasteiger partial charge in [0.05, 0.1) is 14.2 Å². The van der Waals surface area contributed by atoms with Crippen LogP contribution < -0.4 is 0 Å². The molecule has 0 spiro atoms. The molecule has 2 unspecified atom stereocenters. The monoisotopic (exact) mass is 546 g/mol. The lowest BCUT2D eigenvalue weighted by Crippen LogP contribution is -2.18. The third-order valence-corrected chi connectivity index (χ3v) is 8.84. The highest BCUT2D eigenvalue weighted by Crippen LogP contribution is 2.36. The van der Waals surface area contributed by atoms with Gasteiger partial charge in [-0.05, 0) is 80.3 Å². The second-order valence-corrected chi connectivity index (χ2v) is 13.3. The van der Waals surface area contributed by atoms with Gasteiger partial charge in [-0.15, -0.1) is 0 Å². The molecule has 4 nitrogen and oxygen atoms in total. The van der Waals surface area contributed by atoms with Crippen molar-refractivity contribution in [3.05, 3.63) is 59.7 Å². The van der Waals surface area contributed by atoms with Crippen LogP contribution >= 0.6 is 0 Å². The number of benzene rings is 3. The maximum absolute atomic E-state index is 11.6. The fourth-order valence-corrected chi connectivity index (χ4v) is 5.85. The maximum atomic E-state index is 11.6. The average molecular weight is 547 g/mol. The van der Waals surface area contributed by atoms with Gasteiger partial charge in [0.2, 0.25) is 0 Å². The number of hydrogen-bond acceptors (Lipinski definition) is 4. The maximum Gasteiger partial charge on any atom is 0.305 e. The molecule has 0 saturated carbocycles. The van der Waals surface area contributed by atoms with Crippen molar-refractivity contribution >= 4 is 33.5 Å².